The summed E-state index contributed by atoms with van der Waals surface area (Å²) in [5.74, 6) is 0.325. The van der Waals surface area contributed by atoms with Gasteiger partial charge in [0.15, 0.2) is 6.10 Å². The van der Waals surface area contributed by atoms with Crippen molar-refractivity contribution in [2.45, 2.75) is 56.9 Å². The second-order valence-electron chi connectivity index (χ2n) is 5.88. The van der Waals surface area contributed by atoms with Gasteiger partial charge in [0.2, 0.25) is 0 Å². The van der Waals surface area contributed by atoms with Gasteiger partial charge in [0.1, 0.15) is 11.9 Å². The van der Waals surface area contributed by atoms with Crippen molar-refractivity contribution in [2.24, 2.45) is 0 Å². The van der Waals surface area contributed by atoms with Crippen molar-refractivity contribution < 1.29 is 14.3 Å². The molecule has 114 valence electrons. The molecule has 2 aliphatic rings. The summed E-state index contributed by atoms with van der Waals surface area (Å²) in [4.78, 5) is 12.1. The van der Waals surface area contributed by atoms with E-state index in [4.69, 9.17) is 21.1 Å². The fourth-order valence-electron chi connectivity index (χ4n) is 3.13. The molecule has 4 nitrogen and oxygen atoms in total. The van der Waals surface area contributed by atoms with Crippen LogP contribution in [0, 0.1) is 0 Å². The average Bonchev–Trinajstić information content (AvgIpc) is 2.80. The van der Waals surface area contributed by atoms with Crippen LogP contribution < -0.4 is 10.1 Å². The Balaban J connectivity index is 1.51. The number of halogens is 1. The smallest absolute Gasteiger partial charge is 0.347 e. The third-order valence-corrected chi connectivity index (χ3v) is 4.42. The molecule has 0 amide bonds. The number of piperidine rings is 1. The van der Waals surface area contributed by atoms with Crippen LogP contribution in [0.2, 0.25) is 5.02 Å². The molecule has 0 aliphatic carbocycles. The molecule has 2 saturated heterocycles. The minimum Gasteiger partial charge on any atom is -0.479 e. The van der Waals surface area contributed by atoms with Gasteiger partial charge in [-0.15, -0.1) is 0 Å². The van der Waals surface area contributed by atoms with Crippen molar-refractivity contribution in [1.82, 2.24) is 5.32 Å². The van der Waals surface area contributed by atoms with Gasteiger partial charge >= 0.3 is 5.97 Å². The lowest BCUT2D eigenvalue weighted by molar-refractivity contribution is -0.158. The van der Waals surface area contributed by atoms with Gasteiger partial charge in [0.05, 0.1) is 0 Å². The summed E-state index contributed by atoms with van der Waals surface area (Å²) in [7, 11) is 0. The molecule has 4 atom stereocenters. The molecule has 0 radical (unpaired) electrons. The van der Waals surface area contributed by atoms with E-state index in [1.807, 2.05) is 0 Å². The molecule has 0 aromatic heterocycles. The number of carbonyl (C=O) groups excluding carboxylic acids is 1. The van der Waals surface area contributed by atoms with E-state index in [1.165, 1.54) is 12.8 Å². The molecule has 2 fully saturated rings. The number of hydrogen-bond donors (Lipinski definition) is 1. The van der Waals surface area contributed by atoms with E-state index in [9.17, 15) is 4.79 Å². The Morgan fingerprint density at radius 3 is 2.48 bits per heavy atom. The third-order valence-electron chi connectivity index (χ3n) is 4.17. The molecule has 2 bridgehead atoms. The zero-order valence-corrected chi connectivity index (χ0v) is 12.8. The minimum absolute atomic E-state index is 0.0208. The first-order valence-corrected chi connectivity index (χ1v) is 7.86. The maximum absolute atomic E-state index is 12.1. The fourth-order valence-corrected chi connectivity index (χ4v) is 3.25. The molecule has 3 rings (SSSR count). The molecule has 2 heterocycles. The molecule has 5 heteroatoms. The summed E-state index contributed by atoms with van der Waals surface area (Å²) < 4.78 is 11.2. The SMILES string of the molecule is CC(Oc1ccc(Cl)cc1)C(=O)OC1C[C@H]2CC[C@@H](C1)N2. The summed E-state index contributed by atoms with van der Waals surface area (Å²) in [6.45, 7) is 1.71. The number of fused-ring (bicyclic) bond motifs is 2. The van der Waals surface area contributed by atoms with E-state index in [0.29, 0.717) is 22.9 Å². The van der Waals surface area contributed by atoms with Crippen LogP contribution in [0.4, 0.5) is 0 Å². The van der Waals surface area contributed by atoms with Gasteiger partial charge < -0.3 is 14.8 Å². The molecule has 2 aliphatic heterocycles. The lowest BCUT2D eigenvalue weighted by Crippen LogP contribution is -2.43. The predicted molar refractivity (Wildman–Crippen MR) is 80.6 cm³/mol. The van der Waals surface area contributed by atoms with Crippen LogP contribution in [0.15, 0.2) is 24.3 Å². The molecule has 1 N–H and O–H groups in total. The quantitative estimate of drug-likeness (QED) is 0.869. The average molecular weight is 310 g/mol. The molecule has 1 aromatic carbocycles. The lowest BCUT2D eigenvalue weighted by atomic mass is 10.0. The van der Waals surface area contributed by atoms with Crippen molar-refractivity contribution in [3.63, 3.8) is 0 Å². The van der Waals surface area contributed by atoms with Gasteiger partial charge in [0, 0.05) is 17.1 Å². The number of benzene rings is 1. The monoisotopic (exact) mass is 309 g/mol. The highest BCUT2D eigenvalue weighted by Gasteiger charge is 2.35. The zero-order valence-electron chi connectivity index (χ0n) is 12.0. The second kappa shape index (κ2) is 6.24. The van der Waals surface area contributed by atoms with Crippen molar-refractivity contribution in [1.29, 1.82) is 0 Å². The first-order valence-electron chi connectivity index (χ1n) is 7.49. The third kappa shape index (κ3) is 3.69. The zero-order chi connectivity index (χ0) is 14.8. The highest BCUT2D eigenvalue weighted by atomic mass is 35.5. The van der Waals surface area contributed by atoms with Gasteiger partial charge in [-0.2, -0.15) is 0 Å². The van der Waals surface area contributed by atoms with Crippen LogP contribution >= 0.6 is 11.6 Å². The highest BCUT2D eigenvalue weighted by molar-refractivity contribution is 6.30. The van der Waals surface area contributed by atoms with E-state index >= 15 is 0 Å². The number of hydrogen-bond acceptors (Lipinski definition) is 4. The molecule has 0 saturated carbocycles. The van der Waals surface area contributed by atoms with Gasteiger partial charge in [-0.25, -0.2) is 4.79 Å². The normalized spacial score (nSPS) is 29.0. The van der Waals surface area contributed by atoms with Gasteiger partial charge in [-0.05, 0) is 56.9 Å². The Morgan fingerprint density at radius 1 is 1.24 bits per heavy atom. The van der Waals surface area contributed by atoms with Gasteiger partial charge in [-0.3, -0.25) is 0 Å². The minimum atomic E-state index is -0.612. The van der Waals surface area contributed by atoms with Crippen molar-refractivity contribution >= 4 is 17.6 Å². The Hall–Kier alpha value is -1.26. The number of ether oxygens (including phenoxy) is 2. The Morgan fingerprint density at radius 2 is 1.86 bits per heavy atom. The molecule has 2 unspecified atom stereocenters. The Kier molecular flexibility index (Phi) is 4.36. The van der Waals surface area contributed by atoms with Crippen LogP contribution in [-0.4, -0.2) is 30.3 Å². The molecule has 21 heavy (non-hydrogen) atoms. The number of esters is 1. The number of rotatable bonds is 4. The first kappa shape index (κ1) is 14.7. The maximum Gasteiger partial charge on any atom is 0.347 e. The van der Waals surface area contributed by atoms with E-state index in [-0.39, 0.29) is 12.1 Å². The van der Waals surface area contributed by atoms with E-state index in [1.54, 1.807) is 31.2 Å². The van der Waals surface area contributed by atoms with Crippen LogP contribution in [0.3, 0.4) is 0 Å². The first-order chi connectivity index (χ1) is 10.1. The van der Waals surface area contributed by atoms with Crippen LogP contribution in [0.25, 0.3) is 0 Å². The maximum atomic E-state index is 12.1. The predicted octanol–water partition coefficient (Wildman–Crippen LogP) is 2.93. The van der Waals surface area contributed by atoms with Crippen molar-refractivity contribution in [3.05, 3.63) is 29.3 Å². The number of carbonyl (C=O) groups is 1. The highest BCUT2D eigenvalue weighted by Crippen LogP contribution is 2.29. The topological polar surface area (TPSA) is 47.6 Å². The summed E-state index contributed by atoms with van der Waals surface area (Å²) in [5, 5.41) is 4.17. The Bertz CT molecular complexity index is 493. The van der Waals surface area contributed by atoms with Crippen molar-refractivity contribution in [3.8, 4) is 5.75 Å². The lowest BCUT2D eigenvalue weighted by Gasteiger charge is -2.29. The van der Waals surface area contributed by atoms with Gasteiger partial charge in [0.25, 0.3) is 0 Å². The summed E-state index contributed by atoms with van der Waals surface area (Å²) in [6.07, 6.45) is 3.61. The Labute approximate surface area is 129 Å². The standard InChI is InChI=1S/C16H20ClNO3/c1-10(20-14-6-2-11(17)3-7-14)16(19)21-15-8-12-4-5-13(9-15)18-12/h2-3,6-7,10,12-13,15,18H,4-5,8-9H2,1H3/t10?,12-,13+,15?. The van der Waals surface area contributed by atoms with Crippen LogP contribution in [0.1, 0.15) is 32.6 Å². The summed E-state index contributed by atoms with van der Waals surface area (Å²) >= 11 is 5.82. The van der Waals surface area contributed by atoms with Crippen LogP contribution in [0.5, 0.6) is 5.75 Å². The van der Waals surface area contributed by atoms with Crippen LogP contribution in [-0.2, 0) is 9.53 Å². The van der Waals surface area contributed by atoms with E-state index in [2.05, 4.69) is 5.32 Å². The van der Waals surface area contributed by atoms with E-state index < -0.39 is 6.10 Å². The van der Waals surface area contributed by atoms with Crippen molar-refractivity contribution in [2.75, 3.05) is 0 Å². The molecular formula is C16H20ClNO3. The fraction of sp³-hybridized carbons (Fsp3) is 0.562. The second-order valence-corrected chi connectivity index (χ2v) is 6.32. The van der Waals surface area contributed by atoms with Gasteiger partial charge in [-0.1, -0.05) is 11.6 Å². The largest absolute Gasteiger partial charge is 0.479 e. The summed E-state index contributed by atoms with van der Waals surface area (Å²) in [5.41, 5.74) is 0. The summed E-state index contributed by atoms with van der Waals surface area (Å²) in [6, 6.07) is 7.98. The number of nitrogens with one attached hydrogen (secondary N) is 1. The van der Waals surface area contributed by atoms with E-state index in [0.717, 1.165) is 12.8 Å². The molecule has 0 spiro atoms. The molecule has 1 aromatic rings. The molecular weight excluding hydrogens is 290 g/mol.